The summed E-state index contributed by atoms with van der Waals surface area (Å²) in [4.78, 5) is 12.0. The summed E-state index contributed by atoms with van der Waals surface area (Å²) in [6.07, 6.45) is 11.5. The van der Waals surface area contributed by atoms with E-state index in [1.807, 2.05) is 19.9 Å². The molecule has 1 fully saturated rings. The van der Waals surface area contributed by atoms with Crippen molar-refractivity contribution >= 4 is 5.78 Å². The van der Waals surface area contributed by atoms with Crippen molar-refractivity contribution in [2.24, 2.45) is 23.2 Å². The highest BCUT2D eigenvalue weighted by atomic mass is 16.3. The third-order valence-electron chi connectivity index (χ3n) is 7.14. The number of hydrogen-bond donors (Lipinski definition) is 1. The Morgan fingerprint density at radius 1 is 1.27 bits per heavy atom. The predicted molar refractivity (Wildman–Crippen MR) is 87.2 cm³/mol. The van der Waals surface area contributed by atoms with E-state index in [1.165, 1.54) is 16.7 Å². The Hall–Kier alpha value is -1.15. The van der Waals surface area contributed by atoms with E-state index in [9.17, 15) is 9.90 Å². The zero-order valence-corrected chi connectivity index (χ0v) is 13.9. The Balaban J connectivity index is 1.83. The quantitative estimate of drug-likeness (QED) is 0.735. The SMILES string of the molecule is CC1CC2=C3C=CC4(C)C(CC[C@]4(C)O)C3CCC2=CC1=O. The predicted octanol–water partition coefficient (Wildman–Crippen LogP) is 3.97. The highest BCUT2D eigenvalue weighted by Gasteiger charge is 2.56. The molecule has 0 radical (unpaired) electrons. The molecule has 1 N–H and O–H groups in total. The van der Waals surface area contributed by atoms with Crippen LogP contribution in [0.3, 0.4) is 0 Å². The Morgan fingerprint density at radius 2 is 2.05 bits per heavy atom. The number of ketones is 1. The number of allylic oxidation sites excluding steroid dienone is 5. The van der Waals surface area contributed by atoms with Crippen LogP contribution in [0.4, 0.5) is 0 Å². The molecule has 0 aliphatic heterocycles. The van der Waals surface area contributed by atoms with Crippen LogP contribution in [0.1, 0.15) is 52.9 Å². The summed E-state index contributed by atoms with van der Waals surface area (Å²) in [6, 6.07) is 0. The molecule has 0 aromatic rings. The Bertz CT molecular complexity index is 634. The molecule has 4 aliphatic carbocycles. The number of carbonyl (C=O) groups excluding carboxylic acids is 1. The smallest absolute Gasteiger partial charge is 0.159 e. The number of aliphatic hydroxyl groups is 1. The van der Waals surface area contributed by atoms with Crippen LogP contribution in [0.15, 0.2) is 34.9 Å². The van der Waals surface area contributed by atoms with Gasteiger partial charge in [-0.2, -0.15) is 0 Å². The van der Waals surface area contributed by atoms with Gasteiger partial charge in [0.1, 0.15) is 0 Å². The molecule has 1 saturated carbocycles. The molecule has 0 aromatic heterocycles. The molecule has 4 unspecified atom stereocenters. The highest BCUT2D eigenvalue weighted by Crippen LogP contribution is 2.60. The van der Waals surface area contributed by atoms with E-state index >= 15 is 0 Å². The molecule has 0 aromatic carbocycles. The maximum Gasteiger partial charge on any atom is 0.159 e. The van der Waals surface area contributed by atoms with Gasteiger partial charge in [-0.25, -0.2) is 0 Å². The van der Waals surface area contributed by atoms with Gasteiger partial charge in [0.05, 0.1) is 5.60 Å². The molecule has 2 heteroatoms. The van der Waals surface area contributed by atoms with Crippen molar-refractivity contribution in [1.29, 1.82) is 0 Å². The minimum absolute atomic E-state index is 0.0982. The first kappa shape index (κ1) is 14.4. The number of fused-ring (bicyclic) bond motifs is 4. The second-order valence-corrected chi connectivity index (χ2v) is 8.29. The van der Waals surface area contributed by atoms with Gasteiger partial charge in [-0.3, -0.25) is 4.79 Å². The molecule has 0 saturated heterocycles. The normalized spacial score (nSPS) is 47.0. The van der Waals surface area contributed by atoms with E-state index in [-0.39, 0.29) is 11.3 Å². The zero-order chi connectivity index (χ0) is 15.7. The van der Waals surface area contributed by atoms with Crippen molar-refractivity contribution in [3.63, 3.8) is 0 Å². The van der Waals surface area contributed by atoms with Crippen molar-refractivity contribution in [2.75, 3.05) is 0 Å². The van der Waals surface area contributed by atoms with Gasteiger partial charge >= 0.3 is 0 Å². The third-order valence-corrected chi connectivity index (χ3v) is 7.14. The van der Waals surface area contributed by atoms with E-state index < -0.39 is 5.60 Å². The third kappa shape index (κ3) is 1.73. The van der Waals surface area contributed by atoms with Gasteiger partial charge in [0, 0.05) is 11.3 Å². The van der Waals surface area contributed by atoms with Gasteiger partial charge < -0.3 is 5.11 Å². The monoisotopic (exact) mass is 298 g/mol. The fraction of sp³-hybridized carbons (Fsp3) is 0.650. The molecular weight excluding hydrogens is 272 g/mol. The average Bonchev–Trinajstić information content (AvgIpc) is 2.71. The molecule has 0 amide bonds. The second-order valence-electron chi connectivity index (χ2n) is 8.29. The van der Waals surface area contributed by atoms with Crippen LogP contribution in [0.5, 0.6) is 0 Å². The lowest BCUT2D eigenvalue weighted by atomic mass is 9.58. The van der Waals surface area contributed by atoms with Gasteiger partial charge in [0.2, 0.25) is 0 Å². The Morgan fingerprint density at radius 3 is 2.82 bits per heavy atom. The van der Waals surface area contributed by atoms with Gasteiger partial charge in [-0.15, -0.1) is 0 Å². The second kappa shape index (κ2) is 4.44. The molecule has 2 nitrogen and oxygen atoms in total. The van der Waals surface area contributed by atoms with Gasteiger partial charge in [0.15, 0.2) is 5.78 Å². The summed E-state index contributed by atoms with van der Waals surface area (Å²) in [5.74, 6) is 1.53. The minimum Gasteiger partial charge on any atom is -0.389 e. The molecule has 118 valence electrons. The topological polar surface area (TPSA) is 37.3 Å². The average molecular weight is 298 g/mol. The molecular formula is C20H26O2. The lowest BCUT2D eigenvalue weighted by Crippen LogP contribution is -2.45. The van der Waals surface area contributed by atoms with Crippen molar-refractivity contribution in [1.82, 2.24) is 0 Å². The summed E-state index contributed by atoms with van der Waals surface area (Å²) < 4.78 is 0. The number of hydrogen-bond acceptors (Lipinski definition) is 2. The van der Waals surface area contributed by atoms with Crippen LogP contribution < -0.4 is 0 Å². The molecule has 0 spiro atoms. The lowest BCUT2D eigenvalue weighted by Gasteiger charge is -2.47. The Kier molecular flexibility index (Phi) is 2.92. The fourth-order valence-corrected chi connectivity index (χ4v) is 5.39. The highest BCUT2D eigenvalue weighted by molar-refractivity contribution is 5.94. The van der Waals surface area contributed by atoms with Crippen LogP contribution in [0, 0.1) is 23.2 Å². The number of carbonyl (C=O) groups is 1. The molecule has 0 bridgehead atoms. The summed E-state index contributed by atoms with van der Waals surface area (Å²) >= 11 is 0. The molecule has 4 rings (SSSR count). The van der Waals surface area contributed by atoms with Crippen molar-refractivity contribution in [3.8, 4) is 0 Å². The van der Waals surface area contributed by atoms with Gasteiger partial charge in [0.25, 0.3) is 0 Å². The van der Waals surface area contributed by atoms with Gasteiger partial charge in [-0.05, 0) is 73.7 Å². The summed E-state index contributed by atoms with van der Waals surface area (Å²) in [7, 11) is 0. The number of rotatable bonds is 0. The zero-order valence-electron chi connectivity index (χ0n) is 13.9. The first-order valence-corrected chi connectivity index (χ1v) is 8.73. The first-order valence-electron chi connectivity index (χ1n) is 8.73. The van der Waals surface area contributed by atoms with Crippen molar-refractivity contribution in [3.05, 3.63) is 34.9 Å². The van der Waals surface area contributed by atoms with Crippen LogP contribution in [0.2, 0.25) is 0 Å². The maximum absolute atomic E-state index is 12.0. The summed E-state index contributed by atoms with van der Waals surface area (Å²) in [5.41, 5.74) is 3.51. The van der Waals surface area contributed by atoms with Crippen molar-refractivity contribution in [2.45, 2.75) is 58.5 Å². The van der Waals surface area contributed by atoms with E-state index in [2.05, 4.69) is 19.1 Å². The van der Waals surface area contributed by atoms with Crippen molar-refractivity contribution < 1.29 is 9.90 Å². The van der Waals surface area contributed by atoms with E-state index in [0.29, 0.717) is 17.6 Å². The molecule has 22 heavy (non-hydrogen) atoms. The molecule has 4 aliphatic rings. The van der Waals surface area contributed by atoms with Crippen LogP contribution in [-0.2, 0) is 4.79 Å². The standard InChI is InChI=1S/C20H26O2/c1-12-10-16-13(11-18(12)21)4-5-15-14(16)6-8-19(2)17(15)7-9-20(19,3)22/h6,8,11-12,15,17,22H,4-5,7,9-10H2,1-3H3/t12?,15?,17?,19?,20-/m0/s1. The van der Waals surface area contributed by atoms with Crippen LogP contribution in [-0.4, -0.2) is 16.5 Å². The minimum atomic E-state index is -0.587. The van der Waals surface area contributed by atoms with E-state index in [1.54, 1.807) is 0 Å². The van der Waals surface area contributed by atoms with E-state index in [4.69, 9.17) is 0 Å². The van der Waals surface area contributed by atoms with Gasteiger partial charge in [-0.1, -0.05) is 26.0 Å². The van der Waals surface area contributed by atoms with Crippen LogP contribution >= 0.6 is 0 Å². The summed E-state index contributed by atoms with van der Waals surface area (Å²) in [5, 5.41) is 10.8. The van der Waals surface area contributed by atoms with Crippen LogP contribution in [0.25, 0.3) is 0 Å². The first-order chi connectivity index (χ1) is 10.3. The maximum atomic E-state index is 12.0. The molecule has 5 atom stereocenters. The Labute approximate surface area is 133 Å². The van der Waals surface area contributed by atoms with E-state index in [0.717, 1.165) is 32.1 Å². The summed E-state index contributed by atoms with van der Waals surface area (Å²) in [6.45, 7) is 6.29. The molecule has 0 heterocycles. The lowest BCUT2D eigenvalue weighted by molar-refractivity contribution is -0.118. The fourth-order valence-electron chi connectivity index (χ4n) is 5.39. The largest absolute Gasteiger partial charge is 0.389 e.